The molecule has 1 aromatic carbocycles. The first-order chi connectivity index (χ1) is 9.75. The third-order valence-electron chi connectivity index (χ3n) is 3.35. The van der Waals surface area contributed by atoms with E-state index in [9.17, 15) is 4.79 Å². The topological polar surface area (TPSA) is 48.0 Å². The number of hydrogen-bond acceptors (Lipinski definition) is 4. The van der Waals surface area contributed by atoms with Crippen LogP contribution < -0.4 is 9.47 Å². The lowest BCUT2D eigenvalue weighted by Gasteiger charge is -2.27. The first kappa shape index (κ1) is 13.5. The molecule has 1 amide bonds. The van der Waals surface area contributed by atoms with Crippen LogP contribution in [-0.2, 0) is 4.74 Å². The molecule has 0 saturated carbocycles. The molecule has 0 spiro atoms. The van der Waals surface area contributed by atoms with E-state index in [-0.39, 0.29) is 5.91 Å². The number of halogens is 1. The first-order valence-electron chi connectivity index (χ1n) is 6.72. The van der Waals surface area contributed by atoms with Gasteiger partial charge in [-0.15, -0.1) is 0 Å². The van der Waals surface area contributed by atoms with Gasteiger partial charge in [-0.05, 0) is 12.1 Å². The summed E-state index contributed by atoms with van der Waals surface area (Å²) in [6, 6.07) is 3.36. The van der Waals surface area contributed by atoms with Crippen molar-refractivity contribution < 1.29 is 19.0 Å². The Labute approximate surface area is 122 Å². The van der Waals surface area contributed by atoms with Crippen molar-refractivity contribution in [2.24, 2.45) is 0 Å². The second-order valence-corrected chi connectivity index (χ2v) is 5.15. The zero-order valence-electron chi connectivity index (χ0n) is 11.1. The van der Waals surface area contributed by atoms with Gasteiger partial charge in [0.1, 0.15) is 0 Å². The van der Waals surface area contributed by atoms with Crippen LogP contribution in [0.5, 0.6) is 11.5 Å². The summed E-state index contributed by atoms with van der Waals surface area (Å²) < 4.78 is 16.4. The summed E-state index contributed by atoms with van der Waals surface area (Å²) in [5.41, 5.74) is 0.529. The van der Waals surface area contributed by atoms with Crippen molar-refractivity contribution in [2.45, 2.75) is 6.42 Å². The predicted octanol–water partition coefficient (Wildman–Crippen LogP) is 1.97. The minimum absolute atomic E-state index is 0.0501. The van der Waals surface area contributed by atoms with Crippen molar-refractivity contribution in [3.63, 3.8) is 0 Å². The van der Waals surface area contributed by atoms with Gasteiger partial charge >= 0.3 is 0 Å². The van der Waals surface area contributed by atoms with Crippen LogP contribution in [0.1, 0.15) is 16.8 Å². The summed E-state index contributed by atoms with van der Waals surface area (Å²) in [5, 5.41) is 0.418. The number of morpholine rings is 1. The highest BCUT2D eigenvalue weighted by Crippen LogP contribution is 2.38. The minimum Gasteiger partial charge on any atom is -0.489 e. The molecule has 2 aliphatic heterocycles. The summed E-state index contributed by atoms with van der Waals surface area (Å²) in [5.74, 6) is 1.03. The molecule has 0 aliphatic carbocycles. The molecule has 0 N–H and O–H groups in total. The van der Waals surface area contributed by atoms with Crippen LogP contribution >= 0.6 is 11.6 Å². The Morgan fingerprint density at radius 2 is 1.85 bits per heavy atom. The van der Waals surface area contributed by atoms with Gasteiger partial charge in [0, 0.05) is 25.1 Å². The molecule has 1 aromatic rings. The summed E-state index contributed by atoms with van der Waals surface area (Å²) in [4.78, 5) is 14.2. The molecule has 0 radical (unpaired) electrons. The lowest BCUT2D eigenvalue weighted by Crippen LogP contribution is -2.40. The molecule has 1 fully saturated rings. The highest BCUT2D eigenvalue weighted by Gasteiger charge is 2.22. The van der Waals surface area contributed by atoms with Crippen molar-refractivity contribution in [3.05, 3.63) is 22.7 Å². The van der Waals surface area contributed by atoms with Gasteiger partial charge in [0.15, 0.2) is 11.5 Å². The van der Waals surface area contributed by atoms with E-state index in [4.69, 9.17) is 25.8 Å². The maximum atomic E-state index is 12.4. The SMILES string of the molecule is O=C(c1cc(Cl)c2c(c1)OCCCO2)N1CCOCC1. The minimum atomic E-state index is -0.0501. The number of carbonyl (C=O) groups is 1. The Bertz CT molecular complexity index is 514. The molecule has 2 aliphatic rings. The number of hydrogen-bond donors (Lipinski definition) is 0. The molecular weight excluding hydrogens is 282 g/mol. The van der Waals surface area contributed by atoms with Gasteiger partial charge in [0.05, 0.1) is 31.5 Å². The van der Waals surface area contributed by atoms with Gasteiger partial charge in [-0.1, -0.05) is 11.6 Å². The average Bonchev–Trinajstić information content (AvgIpc) is 2.73. The molecule has 20 heavy (non-hydrogen) atoms. The van der Waals surface area contributed by atoms with E-state index < -0.39 is 0 Å². The van der Waals surface area contributed by atoms with Crippen LogP contribution in [0.3, 0.4) is 0 Å². The van der Waals surface area contributed by atoms with Crippen LogP contribution in [0.2, 0.25) is 5.02 Å². The van der Waals surface area contributed by atoms with Gasteiger partial charge in [-0.25, -0.2) is 0 Å². The van der Waals surface area contributed by atoms with Crippen LogP contribution in [-0.4, -0.2) is 50.3 Å². The quantitative estimate of drug-likeness (QED) is 0.795. The molecule has 0 atom stereocenters. The summed E-state index contributed by atoms with van der Waals surface area (Å²) in [6.45, 7) is 3.49. The van der Waals surface area contributed by atoms with Gasteiger partial charge < -0.3 is 19.1 Å². The number of amides is 1. The van der Waals surface area contributed by atoms with E-state index in [1.165, 1.54) is 0 Å². The molecule has 0 aromatic heterocycles. The zero-order valence-corrected chi connectivity index (χ0v) is 11.8. The molecule has 1 saturated heterocycles. The number of nitrogens with zero attached hydrogens (tertiary/aromatic N) is 1. The number of rotatable bonds is 1. The van der Waals surface area contributed by atoms with E-state index in [1.807, 2.05) is 0 Å². The third-order valence-corrected chi connectivity index (χ3v) is 3.63. The molecule has 3 rings (SSSR count). The molecule has 0 bridgehead atoms. The second-order valence-electron chi connectivity index (χ2n) is 4.74. The Morgan fingerprint density at radius 1 is 1.10 bits per heavy atom. The molecule has 108 valence electrons. The maximum absolute atomic E-state index is 12.4. The largest absolute Gasteiger partial charge is 0.489 e. The van der Waals surface area contributed by atoms with E-state index in [0.29, 0.717) is 61.6 Å². The summed E-state index contributed by atoms with van der Waals surface area (Å²) in [6.07, 6.45) is 0.803. The molecule has 5 nitrogen and oxygen atoms in total. The Balaban J connectivity index is 1.88. The molecule has 6 heteroatoms. The van der Waals surface area contributed by atoms with Crippen molar-refractivity contribution in [1.82, 2.24) is 4.90 Å². The standard InChI is InChI=1S/C14H16ClNO4/c15-11-8-10(14(17)16-2-6-18-7-3-16)9-12-13(11)20-5-1-4-19-12/h8-9H,1-7H2. The average molecular weight is 298 g/mol. The number of ether oxygens (including phenoxy) is 3. The lowest BCUT2D eigenvalue weighted by molar-refractivity contribution is 0.0302. The normalized spacial score (nSPS) is 18.6. The Hall–Kier alpha value is -1.46. The van der Waals surface area contributed by atoms with Crippen LogP contribution in [0.25, 0.3) is 0 Å². The number of carbonyl (C=O) groups excluding carboxylic acids is 1. The van der Waals surface area contributed by atoms with Crippen LogP contribution in [0.4, 0.5) is 0 Å². The number of benzene rings is 1. The van der Waals surface area contributed by atoms with Crippen LogP contribution in [0.15, 0.2) is 12.1 Å². The smallest absolute Gasteiger partial charge is 0.254 e. The Morgan fingerprint density at radius 3 is 2.65 bits per heavy atom. The summed E-state index contributed by atoms with van der Waals surface area (Å²) >= 11 is 6.20. The van der Waals surface area contributed by atoms with E-state index in [2.05, 4.69) is 0 Å². The third kappa shape index (κ3) is 2.69. The fraction of sp³-hybridized carbons (Fsp3) is 0.500. The van der Waals surface area contributed by atoms with E-state index in [0.717, 1.165) is 6.42 Å². The lowest BCUT2D eigenvalue weighted by atomic mass is 10.1. The molecule has 0 unspecified atom stereocenters. The fourth-order valence-corrected chi connectivity index (χ4v) is 2.57. The van der Waals surface area contributed by atoms with Crippen LogP contribution in [0, 0.1) is 0 Å². The Kier molecular flexibility index (Phi) is 3.98. The van der Waals surface area contributed by atoms with Gasteiger partial charge in [0.2, 0.25) is 0 Å². The summed E-state index contributed by atoms with van der Waals surface area (Å²) in [7, 11) is 0. The van der Waals surface area contributed by atoms with Gasteiger partial charge in [-0.2, -0.15) is 0 Å². The number of fused-ring (bicyclic) bond motifs is 1. The van der Waals surface area contributed by atoms with E-state index in [1.54, 1.807) is 17.0 Å². The fourth-order valence-electron chi connectivity index (χ4n) is 2.30. The monoisotopic (exact) mass is 297 g/mol. The van der Waals surface area contributed by atoms with Crippen molar-refractivity contribution >= 4 is 17.5 Å². The predicted molar refractivity (Wildman–Crippen MR) is 73.8 cm³/mol. The molecular formula is C14H16ClNO4. The highest BCUT2D eigenvalue weighted by atomic mass is 35.5. The maximum Gasteiger partial charge on any atom is 0.254 e. The second kappa shape index (κ2) is 5.89. The van der Waals surface area contributed by atoms with Crippen molar-refractivity contribution in [2.75, 3.05) is 39.5 Å². The van der Waals surface area contributed by atoms with Crippen molar-refractivity contribution in [1.29, 1.82) is 0 Å². The zero-order chi connectivity index (χ0) is 13.9. The van der Waals surface area contributed by atoms with Crippen molar-refractivity contribution in [3.8, 4) is 11.5 Å². The van der Waals surface area contributed by atoms with Gasteiger partial charge in [0.25, 0.3) is 5.91 Å². The highest BCUT2D eigenvalue weighted by molar-refractivity contribution is 6.32. The first-order valence-corrected chi connectivity index (χ1v) is 7.09. The molecule has 2 heterocycles. The van der Waals surface area contributed by atoms with Gasteiger partial charge in [-0.3, -0.25) is 4.79 Å². The van der Waals surface area contributed by atoms with E-state index >= 15 is 0 Å².